The lowest BCUT2D eigenvalue weighted by molar-refractivity contribution is 0.0970. The topological polar surface area (TPSA) is 52.0 Å². The first-order valence-electron chi connectivity index (χ1n) is 6.85. The maximum Gasteiger partial charge on any atom is 0.262 e. The highest BCUT2D eigenvalue weighted by molar-refractivity contribution is 7.18. The molecular weight excluding hydrogens is 320 g/mol. The molecule has 0 aliphatic carbocycles. The molecule has 3 rings (SSSR count). The van der Waals surface area contributed by atoms with Crippen LogP contribution in [0.3, 0.4) is 0 Å². The van der Waals surface area contributed by atoms with Crippen molar-refractivity contribution in [3.8, 4) is 0 Å². The smallest absolute Gasteiger partial charge is 0.262 e. The molecule has 0 spiro atoms. The number of halogens is 1. The summed E-state index contributed by atoms with van der Waals surface area (Å²) in [7, 11) is 0. The molecule has 2 heterocycles. The lowest BCUT2D eigenvalue weighted by Gasteiger charge is -2.04. The summed E-state index contributed by atoms with van der Waals surface area (Å²) < 4.78 is 1.35. The fourth-order valence-corrected chi connectivity index (χ4v) is 3.23. The van der Waals surface area contributed by atoms with E-state index in [0.29, 0.717) is 16.0 Å². The number of aryl methyl sites for hydroxylation is 1. The number of rotatable bonds is 4. The number of nitrogens with zero attached hydrogens (tertiary/aromatic N) is 2. The van der Waals surface area contributed by atoms with Gasteiger partial charge in [0.25, 0.3) is 5.56 Å². The predicted molar refractivity (Wildman–Crippen MR) is 89.0 cm³/mol. The van der Waals surface area contributed by atoms with Crippen molar-refractivity contribution in [3.63, 3.8) is 0 Å². The number of ketones is 1. The second kappa shape index (κ2) is 6.02. The molecule has 0 aliphatic heterocycles. The van der Waals surface area contributed by atoms with Crippen LogP contribution < -0.4 is 5.56 Å². The Morgan fingerprint density at radius 3 is 2.73 bits per heavy atom. The molecule has 0 bridgehead atoms. The molecular formula is C16H13ClN2O2S. The van der Waals surface area contributed by atoms with Crippen LogP contribution in [-0.2, 0) is 13.0 Å². The predicted octanol–water partition coefficient (Wildman–Crippen LogP) is 3.56. The molecule has 0 amide bonds. The molecule has 0 atom stereocenters. The molecule has 3 aromatic rings. The third-order valence-electron chi connectivity index (χ3n) is 3.40. The molecule has 0 saturated carbocycles. The minimum atomic E-state index is -0.178. The van der Waals surface area contributed by atoms with Crippen molar-refractivity contribution in [1.29, 1.82) is 0 Å². The van der Waals surface area contributed by atoms with Crippen LogP contribution in [0.4, 0.5) is 0 Å². The van der Waals surface area contributed by atoms with E-state index in [4.69, 9.17) is 11.6 Å². The zero-order valence-electron chi connectivity index (χ0n) is 11.9. The SMILES string of the molecule is CCc1cc2c(=O)n(CC(=O)c3ccc(Cl)cc3)cnc2s1. The lowest BCUT2D eigenvalue weighted by Crippen LogP contribution is -2.24. The van der Waals surface area contributed by atoms with Gasteiger partial charge in [-0.15, -0.1) is 11.3 Å². The number of fused-ring (bicyclic) bond motifs is 1. The molecule has 0 aliphatic rings. The van der Waals surface area contributed by atoms with Crippen molar-refractivity contribution in [1.82, 2.24) is 9.55 Å². The van der Waals surface area contributed by atoms with Gasteiger partial charge in [-0.05, 0) is 36.8 Å². The van der Waals surface area contributed by atoms with Crippen molar-refractivity contribution in [2.45, 2.75) is 19.9 Å². The molecule has 4 nitrogen and oxygen atoms in total. The second-order valence-electron chi connectivity index (χ2n) is 4.89. The number of benzene rings is 1. The van der Waals surface area contributed by atoms with E-state index in [9.17, 15) is 9.59 Å². The fraction of sp³-hybridized carbons (Fsp3) is 0.188. The van der Waals surface area contributed by atoms with Gasteiger partial charge >= 0.3 is 0 Å². The zero-order valence-corrected chi connectivity index (χ0v) is 13.4. The molecule has 6 heteroatoms. The fourth-order valence-electron chi connectivity index (χ4n) is 2.18. The molecule has 2 aromatic heterocycles. The maximum absolute atomic E-state index is 12.4. The van der Waals surface area contributed by atoms with E-state index in [1.165, 1.54) is 22.2 Å². The van der Waals surface area contributed by atoms with Crippen molar-refractivity contribution < 1.29 is 4.79 Å². The zero-order chi connectivity index (χ0) is 15.7. The summed E-state index contributed by atoms with van der Waals surface area (Å²) in [5.74, 6) is -0.147. The number of aromatic nitrogens is 2. The van der Waals surface area contributed by atoms with E-state index in [1.807, 2.05) is 13.0 Å². The number of thiophene rings is 1. The summed E-state index contributed by atoms with van der Waals surface area (Å²) in [5, 5.41) is 1.15. The number of hydrogen-bond donors (Lipinski definition) is 0. The van der Waals surface area contributed by atoms with Gasteiger partial charge in [0, 0.05) is 15.5 Å². The van der Waals surface area contributed by atoms with Gasteiger partial charge in [0.15, 0.2) is 5.78 Å². The van der Waals surface area contributed by atoms with Crippen molar-refractivity contribution in [2.24, 2.45) is 0 Å². The Balaban J connectivity index is 1.93. The monoisotopic (exact) mass is 332 g/mol. The number of carbonyl (C=O) groups excluding carboxylic acids is 1. The first-order valence-corrected chi connectivity index (χ1v) is 8.04. The highest BCUT2D eigenvalue weighted by atomic mass is 35.5. The Bertz CT molecular complexity index is 897. The van der Waals surface area contributed by atoms with Crippen LogP contribution in [0.1, 0.15) is 22.2 Å². The van der Waals surface area contributed by atoms with Gasteiger partial charge < -0.3 is 0 Å². The molecule has 0 N–H and O–H groups in total. The van der Waals surface area contributed by atoms with Gasteiger partial charge in [-0.2, -0.15) is 0 Å². The Kier molecular flexibility index (Phi) is 4.09. The molecule has 112 valence electrons. The average Bonchev–Trinajstić information content (AvgIpc) is 2.95. The lowest BCUT2D eigenvalue weighted by atomic mass is 10.1. The maximum atomic E-state index is 12.4. The van der Waals surface area contributed by atoms with Crippen LogP contribution in [0.25, 0.3) is 10.2 Å². The van der Waals surface area contributed by atoms with Crippen LogP contribution in [0.2, 0.25) is 5.02 Å². The number of hydrogen-bond acceptors (Lipinski definition) is 4. The molecule has 0 fully saturated rings. The normalized spacial score (nSPS) is 11.0. The highest BCUT2D eigenvalue weighted by Crippen LogP contribution is 2.21. The molecule has 22 heavy (non-hydrogen) atoms. The van der Waals surface area contributed by atoms with Gasteiger partial charge in [0.2, 0.25) is 0 Å². The van der Waals surface area contributed by atoms with E-state index in [2.05, 4.69) is 4.98 Å². The Morgan fingerprint density at radius 2 is 2.05 bits per heavy atom. The second-order valence-corrected chi connectivity index (χ2v) is 6.44. The summed E-state index contributed by atoms with van der Waals surface area (Å²) in [6, 6.07) is 8.48. The van der Waals surface area contributed by atoms with Gasteiger partial charge in [0.1, 0.15) is 4.83 Å². The summed E-state index contributed by atoms with van der Waals surface area (Å²) in [5.41, 5.74) is 0.347. The van der Waals surface area contributed by atoms with Crippen molar-refractivity contribution in [3.05, 3.63) is 62.5 Å². The van der Waals surface area contributed by atoms with Gasteiger partial charge in [-0.25, -0.2) is 4.98 Å². The van der Waals surface area contributed by atoms with Crippen LogP contribution in [0, 0.1) is 0 Å². The van der Waals surface area contributed by atoms with Crippen molar-refractivity contribution >= 4 is 38.9 Å². The summed E-state index contributed by atoms with van der Waals surface area (Å²) in [6.07, 6.45) is 2.30. The standard InChI is InChI=1S/C16H13ClN2O2S/c1-2-12-7-13-15(22-12)18-9-19(16(13)21)8-14(20)10-3-5-11(17)6-4-10/h3-7,9H,2,8H2,1H3. The van der Waals surface area contributed by atoms with E-state index in [1.54, 1.807) is 24.3 Å². The first-order chi connectivity index (χ1) is 10.6. The minimum Gasteiger partial charge on any atom is -0.292 e. The van der Waals surface area contributed by atoms with E-state index < -0.39 is 0 Å². The van der Waals surface area contributed by atoms with Crippen LogP contribution >= 0.6 is 22.9 Å². The van der Waals surface area contributed by atoms with Crippen LogP contribution in [0.15, 0.2) is 41.5 Å². The minimum absolute atomic E-state index is 0.0271. The molecule has 0 saturated heterocycles. The number of Topliss-reactive ketones (excluding diaryl/α,β-unsaturated/α-hetero) is 1. The van der Waals surface area contributed by atoms with E-state index in [0.717, 1.165) is 16.1 Å². The summed E-state index contributed by atoms with van der Waals surface area (Å²) in [6.45, 7) is 2.01. The van der Waals surface area contributed by atoms with Crippen LogP contribution in [-0.4, -0.2) is 15.3 Å². The Morgan fingerprint density at radius 1 is 1.32 bits per heavy atom. The van der Waals surface area contributed by atoms with Crippen molar-refractivity contribution in [2.75, 3.05) is 0 Å². The summed E-state index contributed by atoms with van der Waals surface area (Å²) >= 11 is 7.32. The Hall–Kier alpha value is -1.98. The van der Waals surface area contributed by atoms with Crippen LogP contribution in [0.5, 0.6) is 0 Å². The largest absolute Gasteiger partial charge is 0.292 e. The first kappa shape index (κ1) is 14.9. The third-order valence-corrected chi connectivity index (χ3v) is 4.84. The van der Waals surface area contributed by atoms with Gasteiger partial charge in [0.05, 0.1) is 18.3 Å². The molecule has 0 radical (unpaired) electrons. The molecule has 1 aromatic carbocycles. The Labute approximate surface area is 136 Å². The number of carbonyl (C=O) groups is 1. The third kappa shape index (κ3) is 2.82. The highest BCUT2D eigenvalue weighted by Gasteiger charge is 2.12. The van der Waals surface area contributed by atoms with E-state index >= 15 is 0 Å². The quantitative estimate of drug-likeness (QED) is 0.686. The summed E-state index contributed by atoms with van der Waals surface area (Å²) in [4.78, 5) is 30.8. The van der Waals surface area contributed by atoms with E-state index in [-0.39, 0.29) is 17.9 Å². The van der Waals surface area contributed by atoms with Gasteiger partial charge in [-0.1, -0.05) is 18.5 Å². The molecule has 0 unspecified atom stereocenters. The van der Waals surface area contributed by atoms with Gasteiger partial charge in [-0.3, -0.25) is 14.2 Å². The average molecular weight is 333 g/mol.